The van der Waals surface area contributed by atoms with Crippen LogP contribution in [0.5, 0.6) is 5.75 Å². The molecule has 2 unspecified atom stereocenters. The monoisotopic (exact) mass is 295 g/mol. The summed E-state index contributed by atoms with van der Waals surface area (Å²) in [5.74, 6) is 0.826. The summed E-state index contributed by atoms with van der Waals surface area (Å²) >= 11 is 0. The van der Waals surface area contributed by atoms with Gasteiger partial charge in [0.15, 0.2) is 0 Å². The molecule has 1 aliphatic heterocycles. The van der Waals surface area contributed by atoms with Crippen molar-refractivity contribution in [3.8, 4) is 5.75 Å². The van der Waals surface area contributed by atoms with Gasteiger partial charge in [0, 0.05) is 24.9 Å². The van der Waals surface area contributed by atoms with Crippen LogP contribution in [0.3, 0.4) is 0 Å². The van der Waals surface area contributed by atoms with Gasteiger partial charge in [-0.3, -0.25) is 0 Å². The molecule has 2 rings (SSSR count). The molecular weight excluding hydrogens is 270 g/mol. The van der Waals surface area contributed by atoms with Crippen molar-refractivity contribution in [1.82, 2.24) is 0 Å². The second-order valence-corrected chi connectivity index (χ2v) is 5.17. The Morgan fingerprint density at radius 2 is 2.38 bits per heavy atom. The van der Waals surface area contributed by atoms with Crippen molar-refractivity contribution < 1.29 is 19.3 Å². The fraction of sp³-hybridized carbons (Fsp3) is 0.625. The first-order valence-corrected chi connectivity index (χ1v) is 7.62. The second kappa shape index (κ2) is 8.87. The average molecular weight is 295 g/mol. The maximum Gasteiger partial charge on any atom is 0.121 e. The van der Waals surface area contributed by atoms with E-state index in [1.54, 1.807) is 0 Å². The molecule has 118 valence electrons. The Morgan fingerprint density at radius 3 is 3.14 bits per heavy atom. The predicted octanol–water partition coefficient (Wildman–Crippen LogP) is 2.05. The van der Waals surface area contributed by atoms with Gasteiger partial charge in [0.1, 0.15) is 5.75 Å². The first-order chi connectivity index (χ1) is 10.3. The standard InChI is InChI=1S/C16H25NO4/c1-2-20-15-6-3-5-13(9-15)17-10-14(18)11-19-12-16-7-4-8-21-16/h3,5-6,9,14,16-18H,2,4,7-8,10-12H2,1H3. The predicted molar refractivity (Wildman–Crippen MR) is 81.9 cm³/mol. The topological polar surface area (TPSA) is 60.0 Å². The van der Waals surface area contributed by atoms with Crippen LogP contribution in [-0.4, -0.2) is 50.3 Å². The van der Waals surface area contributed by atoms with Gasteiger partial charge in [-0.25, -0.2) is 0 Å². The molecule has 0 aromatic heterocycles. The molecule has 2 atom stereocenters. The molecule has 21 heavy (non-hydrogen) atoms. The van der Waals surface area contributed by atoms with Crippen LogP contribution in [0, 0.1) is 0 Å². The lowest BCUT2D eigenvalue weighted by Crippen LogP contribution is -2.27. The van der Waals surface area contributed by atoms with Crippen LogP contribution in [0.15, 0.2) is 24.3 Å². The lowest BCUT2D eigenvalue weighted by Gasteiger charge is -2.15. The number of hydrogen-bond acceptors (Lipinski definition) is 5. The molecule has 2 N–H and O–H groups in total. The molecule has 1 aromatic rings. The molecule has 1 aliphatic rings. The first-order valence-electron chi connectivity index (χ1n) is 7.62. The zero-order valence-electron chi connectivity index (χ0n) is 12.6. The van der Waals surface area contributed by atoms with E-state index in [1.807, 2.05) is 31.2 Å². The molecule has 0 saturated carbocycles. The van der Waals surface area contributed by atoms with E-state index < -0.39 is 6.10 Å². The van der Waals surface area contributed by atoms with Gasteiger partial charge in [0.05, 0.1) is 32.0 Å². The van der Waals surface area contributed by atoms with E-state index in [9.17, 15) is 5.11 Å². The number of rotatable bonds is 9. The Morgan fingerprint density at radius 1 is 1.48 bits per heavy atom. The van der Waals surface area contributed by atoms with E-state index in [1.165, 1.54) is 0 Å². The Labute approximate surface area is 126 Å². The van der Waals surface area contributed by atoms with Crippen LogP contribution in [0.25, 0.3) is 0 Å². The number of aliphatic hydroxyl groups excluding tert-OH is 1. The van der Waals surface area contributed by atoms with Gasteiger partial charge in [-0.2, -0.15) is 0 Å². The molecule has 1 aromatic carbocycles. The smallest absolute Gasteiger partial charge is 0.121 e. The normalized spacial score (nSPS) is 19.4. The molecule has 0 amide bonds. The highest BCUT2D eigenvalue weighted by Crippen LogP contribution is 2.17. The molecule has 0 aliphatic carbocycles. The largest absolute Gasteiger partial charge is 0.494 e. The van der Waals surface area contributed by atoms with Gasteiger partial charge in [0.2, 0.25) is 0 Å². The summed E-state index contributed by atoms with van der Waals surface area (Å²) in [5.41, 5.74) is 0.930. The number of hydrogen-bond donors (Lipinski definition) is 2. The third-order valence-corrected chi connectivity index (χ3v) is 3.32. The van der Waals surface area contributed by atoms with Gasteiger partial charge >= 0.3 is 0 Å². The summed E-state index contributed by atoms with van der Waals surface area (Å²) in [4.78, 5) is 0. The summed E-state index contributed by atoms with van der Waals surface area (Å²) in [6.07, 6.45) is 1.82. The summed E-state index contributed by atoms with van der Waals surface area (Å²) in [7, 11) is 0. The van der Waals surface area contributed by atoms with Crippen molar-refractivity contribution in [3.63, 3.8) is 0 Å². The summed E-state index contributed by atoms with van der Waals surface area (Å²) in [6.45, 7) is 4.75. The molecule has 1 saturated heterocycles. The fourth-order valence-electron chi connectivity index (χ4n) is 2.27. The summed E-state index contributed by atoms with van der Waals surface area (Å²) < 4.78 is 16.4. The molecule has 1 heterocycles. The van der Waals surface area contributed by atoms with Crippen molar-refractivity contribution in [2.24, 2.45) is 0 Å². The number of anilines is 1. The van der Waals surface area contributed by atoms with Crippen molar-refractivity contribution in [2.75, 3.05) is 38.3 Å². The number of aliphatic hydroxyl groups is 1. The van der Waals surface area contributed by atoms with Gasteiger partial charge < -0.3 is 24.6 Å². The first kappa shape index (κ1) is 16.1. The van der Waals surface area contributed by atoms with E-state index in [-0.39, 0.29) is 6.10 Å². The number of benzene rings is 1. The molecule has 0 spiro atoms. The second-order valence-electron chi connectivity index (χ2n) is 5.17. The van der Waals surface area contributed by atoms with Crippen LogP contribution < -0.4 is 10.1 Å². The highest BCUT2D eigenvalue weighted by molar-refractivity contribution is 5.48. The minimum Gasteiger partial charge on any atom is -0.494 e. The van der Waals surface area contributed by atoms with Gasteiger partial charge in [-0.05, 0) is 31.9 Å². The third-order valence-electron chi connectivity index (χ3n) is 3.32. The molecule has 1 fully saturated rings. The quantitative estimate of drug-likeness (QED) is 0.730. The number of ether oxygens (including phenoxy) is 3. The van der Waals surface area contributed by atoms with E-state index in [4.69, 9.17) is 14.2 Å². The molecule has 0 bridgehead atoms. The Kier molecular flexibility index (Phi) is 6.79. The molecule has 5 heteroatoms. The van der Waals surface area contributed by atoms with Crippen molar-refractivity contribution in [3.05, 3.63) is 24.3 Å². The van der Waals surface area contributed by atoms with Gasteiger partial charge in [-0.1, -0.05) is 6.07 Å². The van der Waals surface area contributed by atoms with Crippen LogP contribution in [0.4, 0.5) is 5.69 Å². The Hall–Kier alpha value is -1.30. The van der Waals surface area contributed by atoms with Crippen LogP contribution in [0.1, 0.15) is 19.8 Å². The van der Waals surface area contributed by atoms with E-state index in [0.29, 0.717) is 26.4 Å². The summed E-state index contributed by atoms with van der Waals surface area (Å²) in [5, 5.41) is 13.1. The van der Waals surface area contributed by atoms with Crippen LogP contribution in [0.2, 0.25) is 0 Å². The minimum absolute atomic E-state index is 0.202. The zero-order chi connectivity index (χ0) is 14.9. The highest BCUT2D eigenvalue weighted by Gasteiger charge is 2.16. The molecule has 0 radical (unpaired) electrons. The van der Waals surface area contributed by atoms with Gasteiger partial charge in [0.25, 0.3) is 0 Å². The van der Waals surface area contributed by atoms with E-state index in [2.05, 4.69) is 5.32 Å². The molecular formula is C16H25NO4. The van der Waals surface area contributed by atoms with E-state index >= 15 is 0 Å². The Bertz CT molecular complexity index is 407. The lowest BCUT2D eigenvalue weighted by molar-refractivity contribution is -0.0137. The number of nitrogens with one attached hydrogen (secondary N) is 1. The lowest BCUT2D eigenvalue weighted by atomic mass is 10.2. The maximum absolute atomic E-state index is 9.90. The van der Waals surface area contributed by atoms with Crippen molar-refractivity contribution in [2.45, 2.75) is 32.0 Å². The average Bonchev–Trinajstić information content (AvgIpc) is 2.99. The van der Waals surface area contributed by atoms with Gasteiger partial charge in [-0.15, -0.1) is 0 Å². The Balaban J connectivity index is 1.63. The third kappa shape index (κ3) is 5.91. The maximum atomic E-state index is 9.90. The highest BCUT2D eigenvalue weighted by atomic mass is 16.5. The zero-order valence-corrected chi connectivity index (χ0v) is 12.6. The molecule has 5 nitrogen and oxygen atoms in total. The van der Waals surface area contributed by atoms with Crippen LogP contribution >= 0.6 is 0 Å². The van der Waals surface area contributed by atoms with E-state index in [0.717, 1.165) is 30.9 Å². The van der Waals surface area contributed by atoms with Crippen molar-refractivity contribution in [1.29, 1.82) is 0 Å². The van der Waals surface area contributed by atoms with Crippen LogP contribution in [-0.2, 0) is 9.47 Å². The van der Waals surface area contributed by atoms with Crippen molar-refractivity contribution >= 4 is 5.69 Å². The minimum atomic E-state index is -0.540. The SMILES string of the molecule is CCOc1cccc(NCC(O)COCC2CCCO2)c1. The summed E-state index contributed by atoms with van der Waals surface area (Å²) in [6, 6.07) is 7.70. The fourth-order valence-corrected chi connectivity index (χ4v) is 2.27.